The quantitative estimate of drug-likeness (QED) is 0.845. The van der Waals surface area contributed by atoms with Crippen molar-refractivity contribution in [2.45, 2.75) is 18.9 Å². The molecule has 2 fully saturated rings. The highest BCUT2D eigenvalue weighted by Crippen LogP contribution is 2.34. The zero-order chi connectivity index (χ0) is 17.3. The van der Waals surface area contributed by atoms with Crippen molar-refractivity contribution < 1.29 is 14.7 Å². The van der Waals surface area contributed by atoms with Gasteiger partial charge in [-0.1, -0.05) is 23.2 Å². The summed E-state index contributed by atoms with van der Waals surface area (Å²) in [7, 11) is 0. The Kier molecular flexibility index (Phi) is 5.18. The van der Waals surface area contributed by atoms with Crippen LogP contribution < -0.4 is 5.32 Å². The van der Waals surface area contributed by atoms with E-state index in [-0.39, 0.29) is 33.2 Å². The van der Waals surface area contributed by atoms with E-state index in [1.165, 1.54) is 12.1 Å². The summed E-state index contributed by atoms with van der Waals surface area (Å²) < 4.78 is 0. The molecular formula is C16H19Cl2N3O3. The summed E-state index contributed by atoms with van der Waals surface area (Å²) in [4.78, 5) is 28.0. The van der Waals surface area contributed by atoms with Crippen molar-refractivity contribution in [3.8, 4) is 5.75 Å². The number of rotatable bonds is 4. The first-order chi connectivity index (χ1) is 11.5. The number of phenols is 1. The van der Waals surface area contributed by atoms with Crippen molar-refractivity contribution in [2.24, 2.45) is 0 Å². The Bertz CT molecular complexity index is 656. The number of piperazine rings is 1. The average Bonchev–Trinajstić information content (AvgIpc) is 3.37. The van der Waals surface area contributed by atoms with Crippen LogP contribution in [-0.4, -0.2) is 65.5 Å². The fourth-order valence-electron chi connectivity index (χ4n) is 2.70. The van der Waals surface area contributed by atoms with Gasteiger partial charge in [-0.3, -0.25) is 14.5 Å². The molecule has 2 amide bonds. The van der Waals surface area contributed by atoms with E-state index in [2.05, 4.69) is 5.32 Å². The standard InChI is InChI=1S/C16H19Cl2N3O3/c17-12-4-3-11(15(23)14(12)18)16(24)21-7-5-20(6-8-21)9-13(22)19-10-1-2-10/h3-4,10,23H,1-2,5-9H2,(H,19,22). The Morgan fingerprint density at radius 2 is 1.83 bits per heavy atom. The lowest BCUT2D eigenvalue weighted by molar-refractivity contribution is -0.122. The molecule has 8 heteroatoms. The second kappa shape index (κ2) is 7.17. The van der Waals surface area contributed by atoms with Crippen LogP contribution in [0.5, 0.6) is 5.75 Å². The van der Waals surface area contributed by atoms with E-state index in [1.807, 2.05) is 4.90 Å². The zero-order valence-electron chi connectivity index (χ0n) is 13.1. The van der Waals surface area contributed by atoms with Gasteiger partial charge >= 0.3 is 0 Å². The first-order valence-corrected chi connectivity index (χ1v) is 8.69. The number of nitrogens with zero attached hydrogens (tertiary/aromatic N) is 2. The second-order valence-corrected chi connectivity index (χ2v) is 6.95. The largest absolute Gasteiger partial charge is 0.505 e. The first kappa shape index (κ1) is 17.3. The molecule has 1 saturated heterocycles. The Morgan fingerprint density at radius 1 is 1.17 bits per heavy atom. The molecule has 1 saturated carbocycles. The monoisotopic (exact) mass is 371 g/mol. The predicted molar refractivity (Wildman–Crippen MR) is 91.6 cm³/mol. The predicted octanol–water partition coefficient (Wildman–Crippen LogP) is 1.74. The Morgan fingerprint density at radius 3 is 2.46 bits per heavy atom. The number of hydrogen-bond acceptors (Lipinski definition) is 4. The molecule has 0 spiro atoms. The maximum Gasteiger partial charge on any atom is 0.257 e. The molecule has 6 nitrogen and oxygen atoms in total. The van der Waals surface area contributed by atoms with E-state index >= 15 is 0 Å². The summed E-state index contributed by atoms with van der Waals surface area (Å²) in [5.41, 5.74) is 0.143. The van der Waals surface area contributed by atoms with Crippen LogP contribution in [0.1, 0.15) is 23.2 Å². The molecule has 0 unspecified atom stereocenters. The van der Waals surface area contributed by atoms with E-state index in [0.29, 0.717) is 38.8 Å². The molecular weight excluding hydrogens is 353 g/mol. The summed E-state index contributed by atoms with van der Waals surface area (Å²) in [6, 6.07) is 3.33. The van der Waals surface area contributed by atoms with Gasteiger partial charge in [0.25, 0.3) is 5.91 Å². The van der Waals surface area contributed by atoms with Crippen LogP contribution in [0.2, 0.25) is 10.0 Å². The van der Waals surface area contributed by atoms with E-state index in [4.69, 9.17) is 23.2 Å². The number of hydrogen-bond donors (Lipinski definition) is 2. The van der Waals surface area contributed by atoms with Crippen LogP contribution in [0.25, 0.3) is 0 Å². The zero-order valence-corrected chi connectivity index (χ0v) is 14.6. The van der Waals surface area contributed by atoms with Gasteiger partial charge in [0.1, 0.15) is 10.8 Å². The van der Waals surface area contributed by atoms with Crippen LogP contribution in [-0.2, 0) is 4.79 Å². The summed E-state index contributed by atoms with van der Waals surface area (Å²) >= 11 is 11.7. The van der Waals surface area contributed by atoms with Gasteiger partial charge in [0.05, 0.1) is 17.1 Å². The molecule has 1 aliphatic carbocycles. The van der Waals surface area contributed by atoms with Gasteiger partial charge in [-0.25, -0.2) is 0 Å². The average molecular weight is 372 g/mol. The highest BCUT2D eigenvalue weighted by Gasteiger charge is 2.28. The highest BCUT2D eigenvalue weighted by molar-refractivity contribution is 6.43. The first-order valence-electron chi connectivity index (χ1n) is 7.93. The minimum atomic E-state index is -0.291. The number of nitrogens with one attached hydrogen (secondary N) is 1. The summed E-state index contributed by atoms with van der Waals surface area (Å²) in [5.74, 6) is -0.534. The van der Waals surface area contributed by atoms with E-state index < -0.39 is 0 Å². The molecule has 0 atom stereocenters. The van der Waals surface area contributed by atoms with Crippen molar-refractivity contribution in [3.05, 3.63) is 27.7 Å². The number of benzene rings is 1. The second-order valence-electron chi connectivity index (χ2n) is 6.17. The Balaban J connectivity index is 1.55. The van der Waals surface area contributed by atoms with Crippen LogP contribution in [0, 0.1) is 0 Å². The molecule has 1 heterocycles. The number of amides is 2. The van der Waals surface area contributed by atoms with Gasteiger partial charge in [0.15, 0.2) is 0 Å². The highest BCUT2D eigenvalue weighted by atomic mass is 35.5. The topological polar surface area (TPSA) is 72.9 Å². The van der Waals surface area contributed by atoms with Crippen molar-refractivity contribution in [1.29, 1.82) is 0 Å². The van der Waals surface area contributed by atoms with Crippen LogP contribution in [0.4, 0.5) is 0 Å². The van der Waals surface area contributed by atoms with Gasteiger partial charge in [-0.05, 0) is 25.0 Å². The molecule has 24 heavy (non-hydrogen) atoms. The van der Waals surface area contributed by atoms with Crippen molar-refractivity contribution in [3.63, 3.8) is 0 Å². The summed E-state index contributed by atoms with van der Waals surface area (Å²) in [5, 5.41) is 13.2. The van der Waals surface area contributed by atoms with E-state index in [9.17, 15) is 14.7 Å². The number of halogens is 2. The molecule has 1 aliphatic heterocycles. The maximum atomic E-state index is 12.5. The number of carbonyl (C=O) groups excluding carboxylic acids is 2. The SMILES string of the molecule is O=C(CN1CCN(C(=O)c2ccc(Cl)c(Cl)c2O)CC1)NC1CC1. The van der Waals surface area contributed by atoms with Gasteiger partial charge in [0.2, 0.25) is 5.91 Å². The number of phenolic OH excluding ortho intramolecular Hbond substituents is 1. The lowest BCUT2D eigenvalue weighted by Crippen LogP contribution is -2.51. The summed E-state index contributed by atoms with van der Waals surface area (Å²) in [6.07, 6.45) is 2.14. The molecule has 130 valence electrons. The Hall–Kier alpha value is -1.50. The van der Waals surface area contributed by atoms with Crippen LogP contribution >= 0.6 is 23.2 Å². The van der Waals surface area contributed by atoms with Crippen LogP contribution in [0.3, 0.4) is 0 Å². The van der Waals surface area contributed by atoms with Gasteiger partial charge in [0, 0.05) is 32.2 Å². The molecule has 0 bridgehead atoms. The molecule has 2 N–H and O–H groups in total. The minimum Gasteiger partial charge on any atom is -0.505 e. The minimum absolute atomic E-state index is 0.0158. The molecule has 3 rings (SSSR count). The molecule has 0 radical (unpaired) electrons. The van der Waals surface area contributed by atoms with Gasteiger partial charge in [-0.2, -0.15) is 0 Å². The third-order valence-corrected chi connectivity index (χ3v) is 5.06. The Labute approximate surface area is 150 Å². The lowest BCUT2D eigenvalue weighted by Gasteiger charge is -2.34. The van der Waals surface area contributed by atoms with E-state index in [1.54, 1.807) is 4.90 Å². The molecule has 0 aromatic heterocycles. The number of carbonyl (C=O) groups is 2. The maximum absolute atomic E-state index is 12.5. The van der Waals surface area contributed by atoms with Gasteiger partial charge in [-0.15, -0.1) is 0 Å². The third-order valence-electron chi connectivity index (χ3n) is 4.27. The van der Waals surface area contributed by atoms with Gasteiger partial charge < -0.3 is 15.3 Å². The van der Waals surface area contributed by atoms with Crippen molar-refractivity contribution >= 4 is 35.0 Å². The third kappa shape index (κ3) is 3.94. The molecule has 1 aromatic carbocycles. The molecule has 1 aromatic rings. The smallest absolute Gasteiger partial charge is 0.257 e. The van der Waals surface area contributed by atoms with Crippen molar-refractivity contribution in [1.82, 2.24) is 15.1 Å². The molecule has 2 aliphatic rings. The van der Waals surface area contributed by atoms with E-state index in [0.717, 1.165) is 12.8 Å². The lowest BCUT2D eigenvalue weighted by atomic mass is 10.1. The normalized spacial score (nSPS) is 18.5. The van der Waals surface area contributed by atoms with Crippen molar-refractivity contribution in [2.75, 3.05) is 32.7 Å². The summed E-state index contributed by atoms with van der Waals surface area (Å²) in [6.45, 7) is 2.58. The fraction of sp³-hybridized carbons (Fsp3) is 0.500. The number of aromatic hydroxyl groups is 1. The van der Waals surface area contributed by atoms with Crippen LogP contribution in [0.15, 0.2) is 12.1 Å². The fourth-order valence-corrected chi connectivity index (χ4v) is 3.01.